The highest BCUT2D eigenvalue weighted by atomic mass is 32.2. The Morgan fingerprint density at radius 3 is 2.83 bits per heavy atom. The zero-order chi connectivity index (χ0) is 12.1. The van der Waals surface area contributed by atoms with Gasteiger partial charge in [-0.1, -0.05) is 5.16 Å². The Balaban J connectivity index is 1.58. The highest BCUT2D eigenvalue weighted by Crippen LogP contribution is 2.52. The zero-order valence-electron chi connectivity index (χ0n) is 10.4. The van der Waals surface area contributed by atoms with Crippen molar-refractivity contribution in [2.45, 2.75) is 49.3 Å². The Labute approximate surface area is 111 Å². The van der Waals surface area contributed by atoms with Gasteiger partial charge in [0.2, 0.25) is 5.89 Å². The molecule has 1 aromatic heterocycles. The topological polar surface area (TPSA) is 64.9 Å². The smallest absolute Gasteiger partial charge is 0.231 e. The first-order chi connectivity index (χ1) is 8.83. The van der Waals surface area contributed by atoms with Gasteiger partial charge in [-0.15, -0.1) is 0 Å². The average Bonchev–Trinajstić information content (AvgIpc) is 3.13. The largest absolute Gasteiger partial charge is 0.339 e. The number of thioether (sulfide) groups is 1. The molecule has 0 amide bonds. The fourth-order valence-electron chi connectivity index (χ4n) is 4.00. The van der Waals surface area contributed by atoms with Crippen molar-refractivity contribution in [2.24, 2.45) is 17.6 Å². The van der Waals surface area contributed by atoms with E-state index in [1.165, 1.54) is 37.9 Å². The van der Waals surface area contributed by atoms with Gasteiger partial charge in [-0.05, 0) is 49.7 Å². The Bertz CT molecular complexity index is 441. The van der Waals surface area contributed by atoms with Gasteiger partial charge in [0, 0.05) is 6.04 Å². The molecule has 0 aromatic carbocycles. The van der Waals surface area contributed by atoms with Gasteiger partial charge in [0.05, 0.1) is 11.2 Å². The van der Waals surface area contributed by atoms with Crippen LogP contribution < -0.4 is 5.73 Å². The third-order valence-corrected chi connectivity index (χ3v) is 6.31. The standard InChI is InChI=1S/C13H19N3OS/c14-11-8-4-3-7(6-8)10(11)13-15-12(16-17-13)9-2-1-5-18-9/h7-11H,1-6,14H2. The van der Waals surface area contributed by atoms with Gasteiger partial charge in [-0.3, -0.25) is 0 Å². The summed E-state index contributed by atoms with van der Waals surface area (Å²) in [4.78, 5) is 4.66. The Hall–Kier alpha value is -0.550. The van der Waals surface area contributed by atoms with E-state index < -0.39 is 0 Å². The summed E-state index contributed by atoms with van der Waals surface area (Å²) >= 11 is 1.95. The average molecular weight is 265 g/mol. The summed E-state index contributed by atoms with van der Waals surface area (Å²) in [5, 5.41) is 4.65. The summed E-state index contributed by atoms with van der Waals surface area (Å²) in [7, 11) is 0. The lowest BCUT2D eigenvalue weighted by atomic mass is 9.85. The highest BCUT2D eigenvalue weighted by molar-refractivity contribution is 7.99. The third kappa shape index (κ3) is 1.63. The van der Waals surface area contributed by atoms with Crippen molar-refractivity contribution >= 4 is 11.8 Å². The van der Waals surface area contributed by atoms with Crippen LogP contribution in [-0.4, -0.2) is 21.9 Å². The van der Waals surface area contributed by atoms with Gasteiger partial charge in [-0.2, -0.15) is 16.7 Å². The number of nitrogens with zero attached hydrogens (tertiary/aromatic N) is 2. The number of aromatic nitrogens is 2. The van der Waals surface area contributed by atoms with E-state index >= 15 is 0 Å². The number of hydrogen-bond donors (Lipinski definition) is 1. The van der Waals surface area contributed by atoms with E-state index in [-0.39, 0.29) is 6.04 Å². The summed E-state index contributed by atoms with van der Waals surface area (Å²) in [6.07, 6.45) is 6.31. The molecule has 5 atom stereocenters. The molecule has 4 nitrogen and oxygen atoms in total. The SMILES string of the molecule is NC1C2CCC(C2)C1c1nc(C2CCCS2)no1. The molecule has 1 saturated heterocycles. The first-order valence-corrected chi connectivity index (χ1v) is 8.08. The van der Waals surface area contributed by atoms with Crippen molar-refractivity contribution in [3.05, 3.63) is 11.7 Å². The third-order valence-electron chi connectivity index (χ3n) is 4.94. The molecule has 3 aliphatic rings. The highest BCUT2D eigenvalue weighted by Gasteiger charge is 2.49. The maximum atomic E-state index is 6.33. The van der Waals surface area contributed by atoms with E-state index in [0.29, 0.717) is 23.0 Å². The predicted octanol–water partition coefficient (Wildman–Crippen LogP) is 2.48. The number of nitrogens with two attached hydrogens (primary N) is 1. The molecule has 5 heteroatoms. The van der Waals surface area contributed by atoms with Gasteiger partial charge in [0.25, 0.3) is 0 Å². The molecule has 1 aromatic rings. The molecular formula is C13H19N3OS. The van der Waals surface area contributed by atoms with Crippen LogP contribution in [0.1, 0.15) is 55.0 Å². The van der Waals surface area contributed by atoms with Gasteiger partial charge in [-0.25, -0.2) is 0 Å². The first kappa shape index (κ1) is 11.3. The lowest BCUT2D eigenvalue weighted by Crippen LogP contribution is -2.34. The van der Waals surface area contributed by atoms with Crippen LogP contribution in [0.4, 0.5) is 0 Å². The van der Waals surface area contributed by atoms with Crippen molar-refractivity contribution < 1.29 is 4.52 Å². The van der Waals surface area contributed by atoms with Crippen molar-refractivity contribution in [3.63, 3.8) is 0 Å². The van der Waals surface area contributed by atoms with Crippen LogP contribution in [0.15, 0.2) is 4.52 Å². The molecule has 3 fully saturated rings. The van der Waals surface area contributed by atoms with Crippen molar-refractivity contribution in [2.75, 3.05) is 5.75 Å². The molecule has 0 spiro atoms. The van der Waals surface area contributed by atoms with Crippen LogP contribution in [-0.2, 0) is 0 Å². The first-order valence-electron chi connectivity index (χ1n) is 7.03. The normalized spacial score (nSPS) is 42.8. The molecule has 2 N–H and O–H groups in total. The Morgan fingerprint density at radius 2 is 2.11 bits per heavy atom. The maximum Gasteiger partial charge on any atom is 0.231 e. The monoisotopic (exact) mass is 265 g/mol. The van der Waals surface area contributed by atoms with Crippen LogP contribution in [0, 0.1) is 11.8 Å². The van der Waals surface area contributed by atoms with E-state index in [4.69, 9.17) is 10.3 Å². The van der Waals surface area contributed by atoms with Crippen molar-refractivity contribution in [3.8, 4) is 0 Å². The van der Waals surface area contributed by atoms with Gasteiger partial charge < -0.3 is 10.3 Å². The quantitative estimate of drug-likeness (QED) is 0.890. The molecule has 2 heterocycles. The molecule has 1 aliphatic heterocycles. The summed E-state index contributed by atoms with van der Waals surface area (Å²) in [5.41, 5.74) is 6.33. The molecule has 2 aliphatic carbocycles. The maximum absolute atomic E-state index is 6.33. The van der Waals surface area contributed by atoms with Crippen LogP contribution in [0.2, 0.25) is 0 Å². The van der Waals surface area contributed by atoms with Crippen LogP contribution in [0.5, 0.6) is 0 Å². The number of hydrogen-bond acceptors (Lipinski definition) is 5. The summed E-state index contributed by atoms with van der Waals surface area (Å²) in [6, 6.07) is 0.244. The molecule has 0 radical (unpaired) electrons. The van der Waals surface area contributed by atoms with Crippen LogP contribution in [0.3, 0.4) is 0 Å². The summed E-state index contributed by atoms with van der Waals surface area (Å²) < 4.78 is 5.53. The Morgan fingerprint density at radius 1 is 1.22 bits per heavy atom. The molecule has 5 unspecified atom stereocenters. The van der Waals surface area contributed by atoms with E-state index in [2.05, 4.69) is 10.1 Å². The molecule has 2 bridgehead atoms. The van der Waals surface area contributed by atoms with Crippen LogP contribution >= 0.6 is 11.8 Å². The minimum atomic E-state index is 0.244. The number of rotatable bonds is 2. The lowest BCUT2D eigenvalue weighted by Gasteiger charge is -2.24. The molecule has 98 valence electrons. The van der Waals surface area contributed by atoms with Gasteiger partial charge in [0.15, 0.2) is 5.82 Å². The molecule has 18 heavy (non-hydrogen) atoms. The lowest BCUT2D eigenvalue weighted by molar-refractivity contribution is 0.278. The Kier molecular flexibility index (Phi) is 2.66. The van der Waals surface area contributed by atoms with Crippen molar-refractivity contribution in [1.29, 1.82) is 0 Å². The number of fused-ring (bicyclic) bond motifs is 2. The minimum absolute atomic E-state index is 0.244. The van der Waals surface area contributed by atoms with E-state index in [9.17, 15) is 0 Å². The summed E-state index contributed by atoms with van der Waals surface area (Å²) in [6.45, 7) is 0. The zero-order valence-corrected chi connectivity index (χ0v) is 11.2. The van der Waals surface area contributed by atoms with Gasteiger partial charge in [0.1, 0.15) is 0 Å². The molecule has 2 saturated carbocycles. The van der Waals surface area contributed by atoms with E-state index in [1.807, 2.05) is 11.8 Å². The predicted molar refractivity (Wildman–Crippen MR) is 70.3 cm³/mol. The fraction of sp³-hybridized carbons (Fsp3) is 0.846. The molecular weight excluding hydrogens is 246 g/mol. The molecule has 4 rings (SSSR count). The van der Waals surface area contributed by atoms with Crippen LogP contribution in [0.25, 0.3) is 0 Å². The second-order valence-corrected chi connectivity index (χ2v) is 7.24. The minimum Gasteiger partial charge on any atom is -0.339 e. The van der Waals surface area contributed by atoms with Crippen molar-refractivity contribution in [1.82, 2.24) is 10.1 Å². The summed E-state index contributed by atoms with van der Waals surface area (Å²) in [5.74, 6) is 4.66. The van der Waals surface area contributed by atoms with Gasteiger partial charge >= 0.3 is 0 Å². The second kappa shape index (κ2) is 4.23. The fourth-order valence-corrected chi connectivity index (χ4v) is 5.19. The van der Waals surface area contributed by atoms with E-state index in [1.54, 1.807) is 0 Å². The second-order valence-electron chi connectivity index (χ2n) is 5.93. The van der Waals surface area contributed by atoms with E-state index in [0.717, 1.165) is 11.7 Å².